The maximum absolute atomic E-state index is 12.3. The van der Waals surface area contributed by atoms with Crippen LogP contribution in [0.5, 0.6) is 11.5 Å². The van der Waals surface area contributed by atoms with Gasteiger partial charge in [-0.1, -0.05) is 0 Å². The van der Waals surface area contributed by atoms with Gasteiger partial charge in [0.05, 0.1) is 29.7 Å². The fourth-order valence-corrected chi connectivity index (χ4v) is 2.17. The van der Waals surface area contributed by atoms with E-state index in [0.29, 0.717) is 0 Å². The van der Waals surface area contributed by atoms with Gasteiger partial charge in [0.15, 0.2) is 18.1 Å². The molecule has 0 aliphatic heterocycles. The number of carboxylic acids is 1. The number of carbonyl (C=O) groups excluding carboxylic acids is 1. The lowest BCUT2D eigenvalue weighted by Gasteiger charge is -2.29. The molecule has 0 aromatic heterocycles. The van der Waals surface area contributed by atoms with Crippen molar-refractivity contribution in [1.82, 2.24) is 4.90 Å². The summed E-state index contributed by atoms with van der Waals surface area (Å²) in [6, 6.07) is 1.71. The van der Waals surface area contributed by atoms with Gasteiger partial charge < -0.3 is 24.2 Å². The molecule has 0 heterocycles. The minimum atomic E-state index is -1.23. The Balaban J connectivity index is 3.30. The van der Waals surface area contributed by atoms with Crippen molar-refractivity contribution >= 4 is 17.7 Å². The smallest absolute Gasteiger partial charge is 0.410 e. The van der Waals surface area contributed by atoms with Crippen LogP contribution in [-0.2, 0) is 9.53 Å². The maximum atomic E-state index is 12.3. The monoisotopic (exact) mass is 384 g/mol. The molecule has 0 aliphatic carbocycles. The summed E-state index contributed by atoms with van der Waals surface area (Å²) in [5.74, 6) is -1.20. The molecule has 0 aliphatic rings. The van der Waals surface area contributed by atoms with Gasteiger partial charge in [-0.25, -0.2) is 9.59 Å². The largest absolute Gasteiger partial charge is 0.493 e. The van der Waals surface area contributed by atoms with Gasteiger partial charge in [0.2, 0.25) is 0 Å². The fourth-order valence-electron chi connectivity index (χ4n) is 2.17. The molecule has 150 valence electrons. The van der Waals surface area contributed by atoms with Crippen LogP contribution in [0.25, 0.3) is 0 Å². The van der Waals surface area contributed by atoms with E-state index in [9.17, 15) is 19.7 Å². The third kappa shape index (κ3) is 6.01. The van der Waals surface area contributed by atoms with Crippen LogP contribution in [0, 0.1) is 10.1 Å². The number of carbonyl (C=O) groups is 2. The molecular weight excluding hydrogens is 360 g/mol. The maximum Gasteiger partial charge on any atom is 0.410 e. The molecule has 0 spiro atoms. The predicted octanol–water partition coefficient (Wildman–Crippen LogP) is 2.99. The van der Waals surface area contributed by atoms with E-state index in [1.165, 1.54) is 25.1 Å². The molecule has 0 saturated carbocycles. The lowest BCUT2D eigenvalue weighted by Crippen LogP contribution is -2.36. The van der Waals surface area contributed by atoms with Crippen LogP contribution in [0.1, 0.15) is 39.3 Å². The summed E-state index contributed by atoms with van der Waals surface area (Å²) in [4.78, 5) is 35.0. The van der Waals surface area contributed by atoms with Gasteiger partial charge in [-0.3, -0.25) is 10.1 Å². The van der Waals surface area contributed by atoms with Crippen LogP contribution in [0.2, 0.25) is 0 Å². The minimum absolute atomic E-state index is 0.0810. The van der Waals surface area contributed by atoms with Crippen molar-refractivity contribution in [3.05, 3.63) is 27.8 Å². The van der Waals surface area contributed by atoms with Gasteiger partial charge in [-0.15, -0.1) is 0 Å². The van der Waals surface area contributed by atoms with Crippen molar-refractivity contribution in [3.63, 3.8) is 0 Å². The predicted molar refractivity (Wildman–Crippen MR) is 95.2 cm³/mol. The highest BCUT2D eigenvalue weighted by atomic mass is 16.6. The fraction of sp³-hybridized carbons (Fsp3) is 0.529. The summed E-state index contributed by atoms with van der Waals surface area (Å²) in [5.41, 5.74) is -0.865. The molecule has 27 heavy (non-hydrogen) atoms. The topological polar surface area (TPSA) is 128 Å². The highest BCUT2D eigenvalue weighted by Crippen LogP contribution is 2.39. The van der Waals surface area contributed by atoms with Gasteiger partial charge in [-0.05, 0) is 33.8 Å². The Hall–Kier alpha value is -3.04. The molecule has 1 rings (SSSR count). The first-order valence-electron chi connectivity index (χ1n) is 8.04. The van der Waals surface area contributed by atoms with Crippen molar-refractivity contribution in [2.45, 2.75) is 39.3 Å². The van der Waals surface area contributed by atoms with Crippen molar-refractivity contribution in [2.75, 3.05) is 20.8 Å². The number of amides is 1. The lowest BCUT2D eigenvalue weighted by molar-refractivity contribution is -0.386. The number of methoxy groups -OCH3 is 1. The molecular formula is C17H24N2O8. The number of aliphatic carboxylic acids is 1. The zero-order chi connectivity index (χ0) is 20.9. The molecule has 1 N–H and O–H groups in total. The zero-order valence-electron chi connectivity index (χ0n) is 16.1. The number of nitrogens with zero attached hydrogens (tertiary/aromatic N) is 2. The Morgan fingerprint density at radius 3 is 2.33 bits per heavy atom. The highest BCUT2D eigenvalue weighted by Gasteiger charge is 2.30. The van der Waals surface area contributed by atoms with Crippen LogP contribution in [0.4, 0.5) is 10.5 Å². The van der Waals surface area contributed by atoms with Crippen LogP contribution in [0.15, 0.2) is 12.1 Å². The highest BCUT2D eigenvalue weighted by molar-refractivity contribution is 5.70. The quantitative estimate of drug-likeness (QED) is 0.561. The normalized spacial score (nSPS) is 12.1. The van der Waals surface area contributed by atoms with E-state index in [-0.39, 0.29) is 22.7 Å². The van der Waals surface area contributed by atoms with Crippen LogP contribution in [-0.4, -0.2) is 53.4 Å². The Bertz CT molecular complexity index is 726. The molecule has 10 nitrogen and oxygen atoms in total. The Morgan fingerprint density at radius 1 is 1.30 bits per heavy atom. The first-order valence-corrected chi connectivity index (χ1v) is 8.04. The number of carboxylic acid groups (broad SMARTS) is 1. The first kappa shape index (κ1) is 22.0. The summed E-state index contributed by atoms with van der Waals surface area (Å²) in [5, 5.41) is 20.2. The molecule has 0 radical (unpaired) electrons. The number of nitro benzene ring substituents is 1. The number of hydrogen-bond acceptors (Lipinski definition) is 7. The SMILES string of the molecule is COc1cc(C(C)N(C)C(=O)OC(C)(C)C)c([N+](=O)[O-])cc1OCC(=O)O. The molecule has 0 bridgehead atoms. The van der Waals surface area contributed by atoms with Crippen LogP contribution in [0.3, 0.4) is 0 Å². The van der Waals surface area contributed by atoms with Gasteiger partial charge in [0, 0.05) is 7.05 Å². The van der Waals surface area contributed by atoms with Gasteiger partial charge in [0.1, 0.15) is 5.60 Å². The molecule has 10 heteroatoms. The van der Waals surface area contributed by atoms with E-state index in [0.717, 1.165) is 6.07 Å². The number of ether oxygens (including phenoxy) is 3. The van der Waals surface area contributed by atoms with Gasteiger partial charge >= 0.3 is 12.1 Å². The van der Waals surface area contributed by atoms with Crippen molar-refractivity contribution in [3.8, 4) is 11.5 Å². The van der Waals surface area contributed by atoms with E-state index in [1.54, 1.807) is 27.7 Å². The van der Waals surface area contributed by atoms with Gasteiger partial charge in [-0.2, -0.15) is 0 Å². The summed E-state index contributed by atoms with van der Waals surface area (Å²) < 4.78 is 15.5. The van der Waals surface area contributed by atoms with Crippen molar-refractivity contribution in [1.29, 1.82) is 0 Å². The number of nitro groups is 1. The molecule has 0 fully saturated rings. The number of hydrogen-bond donors (Lipinski definition) is 1. The van der Waals surface area contributed by atoms with Gasteiger partial charge in [0.25, 0.3) is 5.69 Å². The summed E-state index contributed by atoms with van der Waals surface area (Å²) in [6.45, 7) is 6.06. The summed E-state index contributed by atoms with van der Waals surface area (Å²) in [6.07, 6.45) is -0.644. The molecule has 1 aromatic carbocycles. The average molecular weight is 384 g/mol. The second-order valence-electron chi connectivity index (χ2n) is 6.77. The lowest BCUT2D eigenvalue weighted by atomic mass is 10.0. The number of rotatable bonds is 7. The summed E-state index contributed by atoms with van der Waals surface area (Å²) in [7, 11) is 2.78. The summed E-state index contributed by atoms with van der Waals surface area (Å²) >= 11 is 0. The third-order valence-corrected chi connectivity index (χ3v) is 3.57. The second-order valence-corrected chi connectivity index (χ2v) is 6.77. The van der Waals surface area contributed by atoms with Crippen LogP contribution >= 0.6 is 0 Å². The van der Waals surface area contributed by atoms with E-state index in [1.807, 2.05) is 0 Å². The minimum Gasteiger partial charge on any atom is -0.493 e. The molecule has 1 aromatic rings. The Kier molecular flexibility index (Phi) is 6.98. The number of benzene rings is 1. The van der Waals surface area contributed by atoms with Crippen molar-refractivity contribution in [2.24, 2.45) is 0 Å². The van der Waals surface area contributed by atoms with E-state index in [2.05, 4.69) is 0 Å². The standard InChI is InChI=1S/C17H24N2O8/c1-10(18(5)16(22)27-17(2,3)4)11-7-13(25-6)14(26-9-15(20)21)8-12(11)19(23)24/h7-8,10H,9H2,1-6H3,(H,20,21). The average Bonchev–Trinajstić information content (AvgIpc) is 2.55. The van der Waals surface area contributed by atoms with E-state index >= 15 is 0 Å². The van der Waals surface area contributed by atoms with Crippen LogP contribution < -0.4 is 9.47 Å². The molecule has 1 unspecified atom stereocenters. The van der Waals surface area contributed by atoms with E-state index in [4.69, 9.17) is 19.3 Å². The Morgan fingerprint density at radius 2 is 1.89 bits per heavy atom. The molecule has 0 saturated heterocycles. The second kappa shape index (κ2) is 8.56. The Labute approximate surface area is 156 Å². The zero-order valence-corrected chi connectivity index (χ0v) is 16.1. The molecule has 1 amide bonds. The van der Waals surface area contributed by atoms with E-state index < -0.39 is 35.2 Å². The van der Waals surface area contributed by atoms with Crippen molar-refractivity contribution < 1.29 is 33.8 Å². The first-order chi connectivity index (χ1) is 12.4. The molecule has 1 atom stereocenters. The third-order valence-electron chi connectivity index (χ3n) is 3.57.